The van der Waals surface area contributed by atoms with E-state index in [4.69, 9.17) is 23.2 Å². The van der Waals surface area contributed by atoms with Gasteiger partial charge in [0.05, 0.1) is 16.1 Å². The van der Waals surface area contributed by atoms with E-state index in [9.17, 15) is 4.79 Å². The molecule has 0 spiro atoms. The fourth-order valence-electron chi connectivity index (χ4n) is 2.10. The van der Waals surface area contributed by atoms with Crippen molar-refractivity contribution in [1.82, 2.24) is 14.8 Å². The minimum absolute atomic E-state index is 0.0181. The Morgan fingerprint density at radius 3 is 2.79 bits per heavy atom. The number of amides is 1. The van der Waals surface area contributed by atoms with Gasteiger partial charge in [0.2, 0.25) is 5.91 Å². The summed E-state index contributed by atoms with van der Waals surface area (Å²) in [6.45, 7) is 0.513. The number of nitrogens with zero attached hydrogens (tertiary/aromatic N) is 4. The van der Waals surface area contributed by atoms with Crippen LogP contribution in [0.15, 0.2) is 30.9 Å². The molecule has 1 saturated heterocycles. The van der Waals surface area contributed by atoms with Crippen molar-refractivity contribution in [2.24, 2.45) is 0 Å². The SMILES string of the molecule is O=C1CC(Cl)CN1c1ccc(-n2cncn2)c(Cl)c1. The summed E-state index contributed by atoms with van der Waals surface area (Å²) in [4.78, 5) is 17.3. The Morgan fingerprint density at radius 2 is 2.21 bits per heavy atom. The summed E-state index contributed by atoms with van der Waals surface area (Å²) in [5.41, 5.74) is 1.47. The molecule has 1 unspecified atom stereocenters. The van der Waals surface area contributed by atoms with Crippen molar-refractivity contribution >= 4 is 34.8 Å². The van der Waals surface area contributed by atoms with Crippen molar-refractivity contribution in [3.63, 3.8) is 0 Å². The molecule has 19 heavy (non-hydrogen) atoms. The Hall–Kier alpha value is -1.59. The van der Waals surface area contributed by atoms with Gasteiger partial charge in [-0.2, -0.15) is 5.10 Å². The maximum absolute atomic E-state index is 11.8. The van der Waals surface area contributed by atoms with Crippen molar-refractivity contribution in [3.05, 3.63) is 35.9 Å². The van der Waals surface area contributed by atoms with E-state index in [2.05, 4.69) is 10.1 Å². The highest BCUT2D eigenvalue weighted by atomic mass is 35.5. The lowest BCUT2D eigenvalue weighted by atomic mass is 10.2. The molecule has 1 aliphatic rings. The molecule has 0 aliphatic carbocycles. The van der Waals surface area contributed by atoms with Gasteiger partial charge in [-0.25, -0.2) is 9.67 Å². The van der Waals surface area contributed by atoms with Crippen LogP contribution in [-0.2, 0) is 4.79 Å². The van der Waals surface area contributed by atoms with E-state index in [-0.39, 0.29) is 11.3 Å². The Labute approximate surface area is 119 Å². The first-order chi connectivity index (χ1) is 9.15. The van der Waals surface area contributed by atoms with Crippen LogP contribution in [0.3, 0.4) is 0 Å². The molecule has 3 rings (SSSR count). The second-order valence-corrected chi connectivity index (χ2v) is 5.31. The number of rotatable bonds is 2. The van der Waals surface area contributed by atoms with E-state index >= 15 is 0 Å². The van der Waals surface area contributed by atoms with E-state index in [1.807, 2.05) is 6.07 Å². The van der Waals surface area contributed by atoms with Crippen LogP contribution >= 0.6 is 23.2 Å². The van der Waals surface area contributed by atoms with Gasteiger partial charge >= 0.3 is 0 Å². The Kier molecular flexibility index (Phi) is 3.16. The third-order valence-electron chi connectivity index (χ3n) is 2.99. The van der Waals surface area contributed by atoms with Crippen LogP contribution in [0.25, 0.3) is 5.69 Å². The number of hydrogen-bond donors (Lipinski definition) is 0. The highest BCUT2D eigenvalue weighted by Crippen LogP contribution is 2.29. The number of carbonyl (C=O) groups is 1. The molecule has 98 valence electrons. The quantitative estimate of drug-likeness (QED) is 0.799. The van der Waals surface area contributed by atoms with Gasteiger partial charge in [0.1, 0.15) is 12.7 Å². The topological polar surface area (TPSA) is 51.0 Å². The van der Waals surface area contributed by atoms with Crippen LogP contribution in [0.5, 0.6) is 0 Å². The van der Waals surface area contributed by atoms with Crippen LogP contribution in [-0.4, -0.2) is 32.6 Å². The Morgan fingerprint density at radius 1 is 1.37 bits per heavy atom. The molecule has 1 atom stereocenters. The zero-order chi connectivity index (χ0) is 13.4. The van der Waals surface area contributed by atoms with Gasteiger partial charge in [0.25, 0.3) is 0 Å². The summed E-state index contributed by atoms with van der Waals surface area (Å²) in [5.74, 6) is 0.0181. The van der Waals surface area contributed by atoms with E-state index in [0.717, 1.165) is 11.4 Å². The molecule has 5 nitrogen and oxygen atoms in total. The fourth-order valence-corrected chi connectivity index (χ4v) is 2.63. The third kappa shape index (κ3) is 2.31. The van der Waals surface area contributed by atoms with Crippen molar-refractivity contribution < 1.29 is 4.79 Å². The van der Waals surface area contributed by atoms with E-state index in [1.54, 1.807) is 28.0 Å². The number of anilines is 1. The normalized spacial score (nSPS) is 19.2. The molecule has 0 bridgehead atoms. The van der Waals surface area contributed by atoms with Crippen LogP contribution in [0.4, 0.5) is 5.69 Å². The van der Waals surface area contributed by atoms with Crippen molar-refractivity contribution in [3.8, 4) is 5.69 Å². The average molecular weight is 297 g/mol. The van der Waals surface area contributed by atoms with E-state index in [0.29, 0.717) is 18.0 Å². The number of halogens is 2. The number of carbonyl (C=O) groups excluding carboxylic acids is 1. The van der Waals surface area contributed by atoms with Gasteiger partial charge in [0.15, 0.2) is 0 Å². The van der Waals surface area contributed by atoms with Gasteiger partial charge in [-0.1, -0.05) is 11.6 Å². The molecule has 2 heterocycles. The lowest BCUT2D eigenvalue weighted by molar-refractivity contribution is -0.117. The largest absolute Gasteiger partial charge is 0.311 e. The zero-order valence-electron chi connectivity index (χ0n) is 9.83. The second kappa shape index (κ2) is 4.83. The van der Waals surface area contributed by atoms with Crippen LogP contribution in [0.1, 0.15) is 6.42 Å². The molecular formula is C12H10Cl2N4O. The molecular weight excluding hydrogens is 287 g/mol. The predicted molar refractivity (Wildman–Crippen MR) is 73.0 cm³/mol. The van der Waals surface area contributed by atoms with E-state index in [1.165, 1.54) is 6.33 Å². The molecule has 1 aliphatic heterocycles. The monoisotopic (exact) mass is 296 g/mol. The predicted octanol–water partition coefficient (Wildman–Crippen LogP) is 2.26. The number of aromatic nitrogens is 3. The van der Waals surface area contributed by atoms with Gasteiger partial charge in [-0.15, -0.1) is 11.6 Å². The standard InChI is InChI=1S/C12H10Cl2N4O/c13-8-3-12(19)17(5-8)9-1-2-11(10(14)4-9)18-7-15-6-16-18/h1-2,4,6-8H,3,5H2. The Bertz CT molecular complexity index is 614. The molecule has 2 aromatic rings. The minimum atomic E-state index is -0.138. The number of benzene rings is 1. The second-order valence-electron chi connectivity index (χ2n) is 4.28. The molecule has 0 N–H and O–H groups in total. The molecule has 1 fully saturated rings. The average Bonchev–Trinajstić information content (AvgIpc) is 2.99. The van der Waals surface area contributed by atoms with Crippen LogP contribution in [0.2, 0.25) is 5.02 Å². The summed E-state index contributed by atoms with van der Waals surface area (Å²) < 4.78 is 1.57. The third-order valence-corrected chi connectivity index (χ3v) is 3.58. The van der Waals surface area contributed by atoms with Crippen molar-refractivity contribution in [2.45, 2.75) is 11.8 Å². The molecule has 1 amide bonds. The fraction of sp³-hybridized carbons (Fsp3) is 0.250. The van der Waals surface area contributed by atoms with Crippen molar-refractivity contribution in [2.75, 3.05) is 11.4 Å². The van der Waals surface area contributed by atoms with E-state index < -0.39 is 0 Å². The molecule has 7 heteroatoms. The lowest BCUT2D eigenvalue weighted by Crippen LogP contribution is -2.24. The molecule has 0 saturated carbocycles. The van der Waals surface area contributed by atoms with Crippen molar-refractivity contribution in [1.29, 1.82) is 0 Å². The molecule has 0 radical (unpaired) electrons. The maximum atomic E-state index is 11.8. The highest BCUT2D eigenvalue weighted by molar-refractivity contribution is 6.32. The first-order valence-electron chi connectivity index (χ1n) is 5.74. The summed E-state index contributed by atoms with van der Waals surface area (Å²) in [5, 5.41) is 4.39. The zero-order valence-corrected chi connectivity index (χ0v) is 11.3. The molecule has 1 aromatic heterocycles. The minimum Gasteiger partial charge on any atom is -0.311 e. The van der Waals surface area contributed by atoms with Gasteiger partial charge in [0, 0.05) is 18.7 Å². The first kappa shape index (κ1) is 12.4. The number of alkyl halides is 1. The van der Waals surface area contributed by atoms with Gasteiger partial charge in [-0.3, -0.25) is 4.79 Å². The van der Waals surface area contributed by atoms with Gasteiger partial charge in [-0.05, 0) is 18.2 Å². The highest BCUT2D eigenvalue weighted by Gasteiger charge is 2.29. The number of hydrogen-bond acceptors (Lipinski definition) is 3. The summed E-state index contributed by atoms with van der Waals surface area (Å²) in [6, 6.07) is 5.38. The van der Waals surface area contributed by atoms with Crippen LogP contribution < -0.4 is 4.90 Å². The summed E-state index contributed by atoms with van der Waals surface area (Å²) in [6.07, 6.45) is 3.37. The van der Waals surface area contributed by atoms with Crippen LogP contribution in [0, 0.1) is 0 Å². The maximum Gasteiger partial charge on any atom is 0.228 e. The smallest absolute Gasteiger partial charge is 0.228 e. The molecule has 1 aromatic carbocycles. The Balaban J connectivity index is 1.94. The van der Waals surface area contributed by atoms with Gasteiger partial charge < -0.3 is 4.90 Å². The first-order valence-corrected chi connectivity index (χ1v) is 6.55. The summed E-state index contributed by atoms with van der Waals surface area (Å²) in [7, 11) is 0. The lowest BCUT2D eigenvalue weighted by Gasteiger charge is -2.17. The summed E-state index contributed by atoms with van der Waals surface area (Å²) >= 11 is 12.2.